The fourth-order valence-electron chi connectivity index (χ4n) is 1.65. The number of halogens is 1. The summed E-state index contributed by atoms with van der Waals surface area (Å²) < 4.78 is 1.23. The molecule has 0 N–H and O–H groups in total. The largest absolute Gasteiger partial charge is 0.344 e. The summed E-state index contributed by atoms with van der Waals surface area (Å²) >= 11 is 7.55. The normalized spacial score (nSPS) is 11.2. The maximum atomic E-state index is 5.82. The van der Waals surface area contributed by atoms with Gasteiger partial charge in [0.1, 0.15) is 0 Å². The Hall–Kier alpha value is -0.800. The molecule has 0 saturated heterocycles. The second-order valence-corrected chi connectivity index (χ2v) is 5.33. The number of rotatable bonds is 4. The van der Waals surface area contributed by atoms with E-state index in [0.29, 0.717) is 11.9 Å². The van der Waals surface area contributed by atoms with Crippen molar-refractivity contribution in [1.82, 2.24) is 4.98 Å². The number of fused-ring (bicyclic) bond motifs is 1. The molecule has 1 aromatic heterocycles. The summed E-state index contributed by atoms with van der Waals surface area (Å²) in [7, 11) is 0. The van der Waals surface area contributed by atoms with Crippen LogP contribution < -0.4 is 4.90 Å². The Bertz CT molecular complexity index is 434. The number of nitrogens with zero attached hydrogens (tertiary/aromatic N) is 2. The number of hydrogen-bond acceptors (Lipinski definition) is 3. The second-order valence-electron chi connectivity index (χ2n) is 3.94. The molecule has 0 radical (unpaired) electrons. The summed E-state index contributed by atoms with van der Waals surface area (Å²) in [6.45, 7) is 5.18. The summed E-state index contributed by atoms with van der Waals surface area (Å²) in [6.07, 6.45) is 0. The molecule has 0 unspecified atom stereocenters. The smallest absolute Gasteiger partial charge is 0.186 e. The summed E-state index contributed by atoms with van der Waals surface area (Å²) in [5.74, 6) is 0.633. The minimum Gasteiger partial charge on any atom is -0.344 e. The maximum absolute atomic E-state index is 5.82. The van der Waals surface area contributed by atoms with Crippen molar-refractivity contribution in [1.29, 1.82) is 0 Å². The first-order valence-electron chi connectivity index (χ1n) is 5.40. The number of hydrogen-bond donors (Lipinski definition) is 0. The fraction of sp³-hybridized carbons (Fsp3) is 0.417. The molecule has 2 aromatic rings. The van der Waals surface area contributed by atoms with Crippen LogP contribution in [0.25, 0.3) is 10.2 Å². The van der Waals surface area contributed by atoms with Crippen LogP contribution in [0.15, 0.2) is 24.3 Å². The van der Waals surface area contributed by atoms with E-state index in [1.54, 1.807) is 11.3 Å². The predicted octanol–water partition coefficient (Wildman–Crippen LogP) is 3.75. The summed E-state index contributed by atoms with van der Waals surface area (Å²) in [5.41, 5.74) is 1.07. The minimum atomic E-state index is 0.430. The summed E-state index contributed by atoms with van der Waals surface area (Å²) in [5, 5.41) is 1.07. The Kier molecular flexibility index (Phi) is 3.66. The maximum Gasteiger partial charge on any atom is 0.186 e. The number of alkyl halides is 1. The lowest BCUT2D eigenvalue weighted by Gasteiger charge is -2.24. The van der Waals surface area contributed by atoms with Crippen LogP contribution in [-0.2, 0) is 0 Å². The Morgan fingerprint density at radius 1 is 1.38 bits per heavy atom. The average molecular weight is 255 g/mol. The highest BCUT2D eigenvalue weighted by molar-refractivity contribution is 7.22. The SMILES string of the molecule is CC(C)N(CCCl)c1nc2ccccc2s1. The fourth-order valence-corrected chi connectivity index (χ4v) is 2.96. The quantitative estimate of drug-likeness (QED) is 0.773. The molecule has 16 heavy (non-hydrogen) atoms. The second kappa shape index (κ2) is 5.02. The lowest BCUT2D eigenvalue weighted by atomic mass is 10.3. The molecule has 0 amide bonds. The van der Waals surface area contributed by atoms with Crippen molar-refractivity contribution < 1.29 is 0 Å². The van der Waals surface area contributed by atoms with Gasteiger partial charge >= 0.3 is 0 Å². The molecule has 0 atom stereocenters. The van der Waals surface area contributed by atoms with E-state index in [2.05, 4.69) is 35.9 Å². The van der Waals surface area contributed by atoms with E-state index in [1.807, 2.05) is 12.1 Å². The third-order valence-electron chi connectivity index (χ3n) is 2.48. The van der Waals surface area contributed by atoms with Gasteiger partial charge in [-0.1, -0.05) is 23.5 Å². The summed E-state index contributed by atoms with van der Waals surface area (Å²) in [4.78, 5) is 6.89. The van der Waals surface area contributed by atoms with Gasteiger partial charge in [-0.25, -0.2) is 4.98 Å². The molecule has 1 aromatic carbocycles. The van der Waals surface area contributed by atoms with Crippen LogP contribution in [0.3, 0.4) is 0 Å². The van der Waals surface area contributed by atoms with Gasteiger partial charge in [0.05, 0.1) is 10.2 Å². The van der Waals surface area contributed by atoms with Crippen LogP contribution in [-0.4, -0.2) is 23.5 Å². The first-order chi connectivity index (χ1) is 7.72. The molecule has 0 aliphatic rings. The van der Waals surface area contributed by atoms with Gasteiger partial charge < -0.3 is 4.90 Å². The van der Waals surface area contributed by atoms with E-state index in [1.165, 1.54) is 4.70 Å². The average Bonchev–Trinajstić information content (AvgIpc) is 2.68. The molecule has 4 heteroatoms. The van der Waals surface area contributed by atoms with Gasteiger partial charge in [0.15, 0.2) is 5.13 Å². The molecule has 2 nitrogen and oxygen atoms in total. The van der Waals surface area contributed by atoms with Crippen molar-refractivity contribution in [2.45, 2.75) is 19.9 Å². The standard InChI is InChI=1S/C12H15ClN2S/c1-9(2)15(8-7-13)12-14-10-5-3-4-6-11(10)16-12/h3-6,9H,7-8H2,1-2H3. The molecule has 2 rings (SSSR count). The van der Waals surface area contributed by atoms with Gasteiger partial charge in [-0.3, -0.25) is 0 Å². The highest BCUT2D eigenvalue weighted by Crippen LogP contribution is 2.29. The predicted molar refractivity (Wildman–Crippen MR) is 72.8 cm³/mol. The Morgan fingerprint density at radius 3 is 2.75 bits per heavy atom. The lowest BCUT2D eigenvalue weighted by Crippen LogP contribution is -2.32. The van der Waals surface area contributed by atoms with E-state index in [0.717, 1.165) is 17.2 Å². The van der Waals surface area contributed by atoms with Gasteiger partial charge in [0, 0.05) is 18.5 Å². The monoisotopic (exact) mass is 254 g/mol. The first kappa shape index (κ1) is 11.7. The van der Waals surface area contributed by atoms with E-state index < -0.39 is 0 Å². The molecular weight excluding hydrogens is 240 g/mol. The number of para-hydroxylation sites is 1. The molecule has 1 heterocycles. The van der Waals surface area contributed by atoms with Crippen LogP contribution in [0.1, 0.15) is 13.8 Å². The zero-order valence-electron chi connectivity index (χ0n) is 9.48. The molecule has 0 bridgehead atoms. The van der Waals surface area contributed by atoms with Crippen molar-refractivity contribution in [3.63, 3.8) is 0 Å². The Balaban J connectivity index is 2.37. The van der Waals surface area contributed by atoms with E-state index in [9.17, 15) is 0 Å². The van der Waals surface area contributed by atoms with Crippen LogP contribution in [0.2, 0.25) is 0 Å². The summed E-state index contributed by atoms with van der Waals surface area (Å²) in [6, 6.07) is 8.66. The molecule has 0 saturated carbocycles. The number of anilines is 1. The number of thiazole rings is 1. The van der Waals surface area contributed by atoms with Crippen LogP contribution >= 0.6 is 22.9 Å². The first-order valence-corrected chi connectivity index (χ1v) is 6.75. The molecule has 86 valence electrons. The van der Waals surface area contributed by atoms with Crippen molar-refractivity contribution >= 4 is 38.3 Å². The molecule has 0 fully saturated rings. The van der Waals surface area contributed by atoms with Gasteiger partial charge in [0.2, 0.25) is 0 Å². The highest BCUT2D eigenvalue weighted by Gasteiger charge is 2.14. The van der Waals surface area contributed by atoms with Gasteiger partial charge in [-0.15, -0.1) is 11.6 Å². The van der Waals surface area contributed by atoms with Crippen molar-refractivity contribution in [2.24, 2.45) is 0 Å². The zero-order valence-corrected chi connectivity index (χ0v) is 11.1. The third kappa shape index (κ3) is 2.30. The third-order valence-corrected chi connectivity index (χ3v) is 3.72. The number of aromatic nitrogens is 1. The van der Waals surface area contributed by atoms with Gasteiger partial charge in [-0.05, 0) is 26.0 Å². The van der Waals surface area contributed by atoms with Gasteiger partial charge in [-0.2, -0.15) is 0 Å². The van der Waals surface area contributed by atoms with E-state index in [4.69, 9.17) is 11.6 Å². The zero-order chi connectivity index (χ0) is 11.5. The highest BCUT2D eigenvalue weighted by atomic mass is 35.5. The topological polar surface area (TPSA) is 16.1 Å². The Morgan fingerprint density at radius 2 is 2.12 bits per heavy atom. The van der Waals surface area contributed by atoms with Gasteiger partial charge in [0.25, 0.3) is 0 Å². The molecule has 0 aliphatic carbocycles. The van der Waals surface area contributed by atoms with Crippen molar-refractivity contribution in [3.8, 4) is 0 Å². The van der Waals surface area contributed by atoms with Crippen LogP contribution in [0.5, 0.6) is 0 Å². The lowest BCUT2D eigenvalue weighted by molar-refractivity contribution is 0.704. The molecule has 0 spiro atoms. The van der Waals surface area contributed by atoms with E-state index in [-0.39, 0.29) is 0 Å². The minimum absolute atomic E-state index is 0.430. The van der Waals surface area contributed by atoms with Crippen LogP contribution in [0, 0.1) is 0 Å². The molecular formula is C12H15ClN2S. The number of benzene rings is 1. The van der Waals surface area contributed by atoms with Crippen molar-refractivity contribution in [2.75, 3.05) is 17.3 Å². The van der Waals surface area contributed by atoms with Crippen LogP contribution in [0.4, 0.5) is 5.13 Å². The molecule has 0 aliphatic heterocycles. The van der Waals surface area contributed by atoms with E-state index >= 15 is 0 Å². The Labute approximate surface area is 105 Å². The van der Waals surface area contributed by atoms with Crippen molar-refractivity contribution in [3.05, 3.63) is 24.3 Å².